The molecule has 20 heavy (non-hydrogen) atoms. The zero-order valence-electron chi connectivity index (χ0n) is 12.7. The van der Waals surface area contributed by atoms with E-state index in [0.717, 1.165) is 22.9 Å². The minimum absolute atomic E-state index is 0.251. The predicted octanol–water partition coefficient (Wildman–Crippen LogP) is 3.01. The van der Waals surface area contributed by atoms with Crippen LogP contribution in [0.4, 0.5) is 0 Å². The van der Waals surface area contributed by atoms with Gasteiger partial charge in [-0.25, -0.2) is 0 Å². The van der Waals surface area contributed by atoms with Crippen LogP contribution in [0.3, 0.4) is 0 Å². The van der Waals surface area contributed by atoms with Crippen molar-refractivity contribution >= 4 is 5.91 Å². The number of rotatable bonds is 2. The van der Waals surface area contributed by atoms with Gasteiger partial charge in [0.2, 0.25) is 5.91 Å². The first-order valence-corrected chi connectivity index (χ1v) is 7.81. The van der Waals surface area contributed by atoms with E-state index in [-0.39, 0.29) is 5.91 Å². The molecule has 0 radical (unpaired) electrons. The van der Waals surface area contributed by atoms with Gasteiger partial charge in [0.1, 0.15) is 5.76 Å². The van der Waals surface area contributed by atoms with Crippen molar-refractivity contribution in [3.8, 4) is 0 Å². The van der Waals surface area contributed by atoms with Gasteiger partial charge in [0.25, 0.3) is 0 Å². The Kier molecular flexibility index (Phi) is 3.57. The average molecular weight is 276 g/mol. The number of fused-ring (bicyclic) bond motifs is 1. The van der Waals surface area contributed by atoms with E-state index >= 15 is 0 Å². The maximum Gasteiger partial charge on any atom is 0.227 e. The molecule has 2 aliphatic rings. The molecule has 1 aromatic heterocycles. The van der Waals surface area contributed by atoms with Gasteiger partial charge < -0.3 is 9.42 Å². The highest BCUT2D eigenvalue weighted by molar-refractivity contribution is 5.80. The number of carbonyl (C=O) groups excluding carboxylic acids is 1. The summed E-state index contributed by atoms with van der Waals surface area (Å²) in [5.74, 6) is 1.76. The first-order chi connectivity index (χ1) is 9.58. The molecule has 0 N–H and O–H groups in total. The van der Waals surface area contributed by atoms with Crippen molar-refractivity contribution in [1.82, 2.24) is 10.1 Å². The Morgan fingerprint density at radius 2 is 2.10 bits per heavy atom. The molecule has 4 nitrogen and oxygen atoms in total. The van der Waals surface area contributed by atoms with Crippen LogP contribution in [0.25, 0.3) is 0 Å². The van der Waals surface area contributed by atoms with Crippen LogP contribution in [0.2, 0.25) is 0 Å². The molecule has 2 heterocycles. The van der Waals surface area contributed by atoms with Gasteiger partial charge in [-0.15, -0.1) is 0 Å². The summed E-state index contributed by atoms with van der Waals surface area (Å²) in [5.41, 5.74) is 1.82. The molecule has 3 atom stereocenters. The van der Waals surface area contributed by atoms with Crippen molar-refractivity contribution in [2.24, 2.45) is 5.92 Å². The van der Waals surface area contributed by atoms with Crippen molar-refractivity contribution in [2.75, 3.05) is 0 Å². The molecule has 3 rings (SSSR count). The van der Waals surface area contributed by atoms with Gasteiger partial charge >= 0.3 is 0 Å². The molecule has 1 saturated carbocycles. The average Bonchev–Trinajstić information content (AvgIpc) is 2.91. The monoisotopic (exact) mass is 276 g/mol. The van der Waals surface area contributed by atoms with Gasteiger partial charge in [0, 0.05) is 17.6 Å². The molecular formula is C16H24N2O2. The summed E-state index contributed by atoms with van der Waals surface area (Å²) in [5, 5.41) is 3.95. The molecule has 1 saturated heterocycles. The van der Waals surface area contributed by atoms with Gasteiger partial charge in [0.05, 0.1) is 12.1 Å². The minimum atomic E-state index is 0.251. The summed E-state index contributed by atoms with van der Waals surface area (Å²) in [6.07, 6.45) is 6.70. The SMILES string of the molecule is Cc1noc(C)c1CC(=O)N1[C@H](C)C[C@H]2CCCC[C@@H]21. The first-order valence-electron chi connectivity index (χ1n) is 7.81. The Hall–Kier alpha value is -1.32. The molecule has 110 valence electrons. The first kappa shape index (κ1) is 13.7. The third-order valence-electron chi connectivity index (χ3n) is 5.14. The number of likely N-dealkylation sites (tertiary alicyclic amines) is 1. The summed E-state index contributed by atoms with van der Waals surface area (Å²) in [6.45, 7) is 6.00. The molecule has 0 spiro atoms. The van der Waals surface area contributed by atoms with Crippen LogP contribution in [0.5, 0.6) is 0 Å². The summed E-state index contributed by atoms with van der Waals surface area (Å²) >= 11 is 0. The highest BCUT2D eigenvalue weighted by Crippen LogP contribution is 2.39. The van der Waals surface area contributed by atoms with Crippen molar-refractivity contribution in [3.05, 3.63) is 17.0 Å². The molecule has 1 amide bonds. The molecule has 4 heteroatoms. The molecular weight excluding hydrogens is 252 g/mol. The molecule has 0 unspecified atom stereocenters. The Morgan fingerprint density at radius 1 is 1.35 bits per heavy atom. The molecule has 0 bridgehead atoms. The second-order valence-corrected chi connectivity index (χ2v) is 6.48. The van der Waals surface area contributed by atoms with Crippen LogP contribution < -0.4 is 0 Å². The Bertz CT molecular complexity index is 489. The maximum absolute atomic E-state index is 12.7. The van der Waals surface area contributed by atoms with E-state index in [1.54, 1.807) is 0 Å². The Labute approximate surface area is 120 Å². The van der Waals surface area contributed by atoms with Crippen molar-refractivity contribution < 1.29 is 9.32 Å². The fraction of sp³-hybridized carbons (Fsp3) is 0.750. The number of hydrogen-bond acceptors (Lipinski definition) is 3. The van der Waals surface area contributed by atoms with Crippen molar-refractivity contribution in [3.63, 3.8) is 0 Å². The van der Waals surface area contributed by atoms with Gasteiger partial charge in [-0.2, -0.15) is 0 Å². The van der Waals surface area contributed by atoms with E-state index in [1.807, 2.05) is 13.8 Å². The number of nitrogens with zero attached hydrogens (tertiary/aromatic N) is 2. The lowest BCUT2D eigenvalue weighted by atomic mass is 9.85. The normalized spacial score (nSPS) is 29.6. The van der Waals surface area contributed by atoms with Crippen LogP contribution in [0, 0.1) is 19.8 Å². The number of aromatic nitrogens is 1. The highest BCUT2D eigenvalue weighted by Gasteiger charge is 2.42. The molecule has 2 fully saturated rings. The Balaban J connectivity index is 1.76. The van der Waals surface area contributed by atoms with Gasteiger partial charge in [0.15, 0.2) is 0 Å². The van der Waals surface area contributed by atoms with Gasteiger partial charge in [-0.3, -0.25) is 4.79 Å². The predicted molar refractivity (Wildman–Crippen MR) is 76.4 cm³/mol. The van der Waals surface area contributed by atoms with Crippen molar-refractivity contribution in [1.29, 1.82) is 0 Å². The van der Waals surface area contributed by atoms with Gasteiger partial charge in [-0.05, 0) is 46.0 Å². The number of aryl methyl sites for hydroxylation is 2. The van der Waals surface area contributed by atoms with Crippen LogP contribution in [0.1, 0.15) is 56.0 Å². The molecule has 1 aromatic rings. The topological polar surface area (TPSA) is 46.3 Å². The van der Waals surface area contributed by atoms with Gasteiger partial charge in [-0.1, -0.05) is 18.0 Å². The summed E-state index contributed by atoms with van der Waals surface area (Å²) < 4.78 is 5.17. The minimum Gasteiger partial charge on any atom is -0.361 e. The zero-order chi connectivity index (χ0) is 14.3. The van der Waals surface area contributed by atoms with E-state index in [9.17, 15) is 4.79 Å². The van der Waals surface area contributed by atoms with Crippen LogP contribution in [-0.2, 0) is 11.2 Å². The van der Waals surface area contributed by atoms with E-state index in [4.69, 9.17) is 4.52 Å². The molecule has 1 aliphatic carbocycles. The van der Waals surface area contributed by atoms with E-state index in [1.165, 1.54) is 32.1 Å². The summed E-state index contributed by atoms with van der Waals surface area (Å²) in [7, 11) is 0. The number of carbonyl (C=O) groups is 1. The van der Waals surface area contributed by atoms with E-state index < -0.39 is 0 Å². The lowest BCUT2D eigenvalue weighted by molar-refractivity contribution is -0.133. The third kappa shape index (κ3) is 2.25. The Morgan fingerprint density at radius 3 is 2.80 bits per heavy atom. The second kappa shape index (κ2) is 5.23. The standard InChI is InChI=1S/C16H24N2O2/c1-10-8-13-6-4-5-7-15(13)18(10)16(19)9-14-11(2)17-20-12(14)3/h10,13,15H,4-9H2,1-3H3/t10-,13-,15+/m1/s1. The number of hydrogen-bond donors (Lipinski definition) is 0. The van der Waals surface area contributed by atoms with Crippen LogP contribution in [-0.4, -0.2) is 28.0 Å². The molecule has 1 aliphatic heterocycles. The summed E-state index contributed by atoms with van der Waals surface area (Å²) in [4.78, 5) is 14.9. The smallest absolute Gasteiger partial charge is 0.227 e. The fourth-order valence-electron chi connectivity index (χ4n) is 4.14. The number of amides is 1. The summed E-state index contributed by atoms with van der Waals surface area (Å²) in [6, 6.07) is 0.864. The van der Waals surface area contributed by atoms with Crippen LogP contribution in [0.15, 0.2) is 4.52 Å². The van der Waals surface area contributed by atoms with Crippen molar-refractivity contribution in [2.45, 2.75) is 71.4 Å². The quantitative estimate of drug-likeness (QED) is 0.834. The van der Waals surface area contributed by atoms with E-state index in [0.29, 0.717) is 18.5 Å². The maximum atomic E-state index is 12.7. The third-order valence-corrected chi connectivity index (χ3v) is 5.14. The largest absolute Gasteiger partial charge is 0.361 e. The lowest BCUT2D eigenvalue weighted by Gasteiger charge is -2.33. The molecule has 0 aromatic carbocycles. The second-order valence-electron chi connectivity index (χ2n) is 6.48. The lowest BCUT2D eigenvalue weighted by Crippen LogP contribution is -2.43. The zero-order valence-corrected chi connectivity index (χ0v) is 12.7. The van der Waals surface area contributed by atoms with E-state index in [2.05, 4.69) is 17.0 Å². The highest BCUT2D eigenvalue weighted by atomic mass is 16.5. The van der Waals surface area contributed by atoms with Crippen LogP contribution >= 0.6 is 0 Å². The fourth-order valence-corrected chi connectivity index (χ4v) is 4.14.